The first-order valence-electron chi connectivity index (χ1n) is 5.64. The number of nitrogen functional groups attached to an aromatic ring is 1. The number of amides is 1. The summed E-state index contributed by atoms with van der Waals surface area (Å²) in [5, 5.41) is 10.6. The average Bonchev–Trinajstić information content (AvgIpc) is 2.36. The molecule has 1 aromatic heterocycles. The lowest BCUT2D eigenvalue weighted by molar-refractivity contribution is 0.102. The molecule has 2 rings (SSSR count). The topological polar surface area (TPSA) is 80.9 Å². The van der Waals surface area contributed by atoms with Crippen LogP contribution < -0.4 is 11.1 Å². The van der Waals surface area contributed by atoms with Gasteiger partial charge in [0.05, 0.1) is 17.0 Å². The van der Waals surface area contributed by atoms with Crippen molar-refractivity contribution in [3.63, 3.8) is 0 Å². The van der Waals surface area contributed by atoms with Gasteiger partial charge in [0, 0.05) is 15.8 Å². The molecule has 3 N–H and O–H groups in total. The molecule has 0 atom stereocenters. The van der Waals surface area contributed by atoms with Gasteiger partial charge in [-0.3, -0.25) is 4.79 Å². The lowest BCUT2D eigenvalue weighted by Gasteiger charge is -2.08. The van der Waals surface area contributed by atoms with Crippen molar-refractivity contribution in [3.05, 3.63) is 45.7 Å². The van der Waals surface area contributed by atoms with Crippen LogP contribution in [-0.2, 0) is 0 Å². The number of hydrogen-bond donors (Lipinski definition) is 2. The smallest absolute Gasteiger partial charge is 0.257 e. The summed E-state index contributed by atoms with van der Waals surface area (Å²) in [5.74, 6) is -0.225. The van der Waals surface area contributed by atoms with Crippen LogP contribution in [0.15, 0.2) is 28.7 Å². The van der Waals surface area contributed by atoms with Gasteiger partial charge in [-0.1, -0.05) is 0 Å². The molecule has 0 radical (unpaired) electrons. The number of nitrogens with two attached hydrogens (primary N) is 1. The molecule has 1 heterocycles. The fourth-order valence-electron chi connectivity index (χ4n) is 1.60. The van der Waals surface area contributed by atoms with Crippen molar-refractivity contribution in [2.24, 2.45) is 0 Å². The predicted molar refractivity (Wildman–Crippen MR) is 78.0 cm³/mol. The van der Waals surface area contributed by atoms with Crippen molar-refractivity contribution >= 4 is 33.2 Å². The van der Waals surface area contributed by atoms with Crippen LogP contribution in [0, 0.1) is 13.8 Å². The first kappa shape index (κ1) is 13.5. The van der Waals surface area contributed by atoms with Gasteiger partial charge in [-0.15, -0.1) is 0 Å². The Bertz CT molecular complexity index is 643. The minimum atomic E-state index is -0.225. The Kier molecular flexibility index (Phi) is 3.80. The number of carbonyl (C=O) groups excluding carboxylic acids is 1. The molecule has 19 heavy (non-hydrogen) atoms. The van der Waals surface area contributed by atoms with E-state index in [1.807, 2.05) is 0 Å². The Morgan fingerprint density at radius 2 is 2.00 bits per heavy atom. The van der Waals surface area contributed by atoms with E-state index in [4.69, 9.17) is 5.73 Å². The lowest BCUT2D eigenvalue weighted by atomic mass is 10.2. The van der Waals surface area contributed by atoms with E-state index < -0.39 is 0 Å². The van der Waals surface area contributed by atoms with E-state index >= 15 is 0 Å². The Morgan fingerprint density at radius 1 is 1.26 bits per heavy atom. The third kappa shape index (κ3) is 3.08. The first-order chi connectivity index (χ1) is 8.97. The number of carbonyl (C=O) groups is 1. The van der Waals surface area contributed by atoms with E-state index in [-0.39, 0.29) is 5.91 Å². The maximum atomic E-state index is 12.2. The van der Waals surface area contributed by atoms with Gasteiger partial charge in [0.15, 0.2) is 0 Å². The number of nitrogens with one attached hydrogen (secondary N) is 1. The first-order valence-corrected chi connectivity index (χ1v) is 6.44. The van der Waals surface area contributed by atoms with Crippen LogP contribution in [0.3, 0.4) is 0 Å². The summed E-state index contributed by atoms with van der Waals surface area (Å²) < 4.78 is 0.795. The molecule has 2 aromatic rings. The van der Waals surface area contributed by atoms with Crippen LogP contribution in [0.2, 0.25) is 0 Å². The van der Waals surface area contributed by atoms with Gasteiger partial charge in [0.25, 0.3) is 5.91 Å². The summed E-state index contributed by atoms with van der Waals surface area (Å²) in [6.07, 6.45) is 0. The summed E-state index contributed by atoms with van der Waals surface area (Å²) in [5.41, 5.74) is 8.77. The minimum absolute atomic E-state index is 0.225. The van der Waals surface area contributed by atoms with Crippen molar-refractivity contribution in [1.29, 1.82) is 0 Å². The Labute approximate surface area is 119 Å². The second kappa shape index (κ2) is 5.36. The van der Waals surface area contributed by atoms with E-state index in [2.05, 4.69) is 31.4 Å². The van der Waals surface area contributed by atoms with Gasteiger partial charge in [0.2, 0.25) is 0 Å². The molecule has 98 valence electrons. The molecule has 0 unspecified atom stereocenters. The van der Waals surface area contributed by atoms with Crippen molar-refractivity contribution in [2.75, 3.05) is 11.1 Å². The maximum Gasteiger partial charge on any atom is 0.257 e. The zero-order chi connectivity index (χ0) is 14.0. The van der Waals surface area contributed by atoms with Crippen LogP contribution in [-0.4, -0.2) is 16.1 Å². The second-order valence-electron chi connectivity index (χ2n) is 4.18. The van der Waals surface area contributed by atoms with Gasteiger partial charge in [-0.25, -0.2) is 0 Å². The fourth-order valence-corrected chi connectivity index (χ4v) is 1.85. The molecule has 0 saturated carbocycles. The largest absolute Gasteiger partial charge is 0.398 e. The number of aryl methyl sites for hydroxylation is 2. The van der Waals surface area contributed by atoms with Crippen molar-refractivity contribution in [1.82, 2.24) is 10.2 Å². The molecule has 0 aliphatic carbocycles. The van der Waals surface area contributed by atoms with Crippen molar-refractivity contribution in [2.45, 2.75) is 13.8 Å². The number of anilines is 2. The molecule has 0 fully saturated rings. The highest BCUT2D eigenvalue weighted by molar-refractivity contribution is 9.10. The number of hydrogen-bond acceptors (Lipinski definition) is 4. The van der Waals surface area contributed by atoms with E-state index in [0.29, 0.717) is 28.3 Å². The van der Waals surface area contributed by atoms with Crippen LogP contribution in [0.4, 0.5) is 11.4 Å². The molecule has 1 amide bonds. The monoisotopic (exact) mass is 320 g/mol. The standard InChI is InChI=1S/C13H13BrN4O/c1-7-5-10(8(2)18-17-7)13(19)16-9-3-4-11(14)12(15)6-9/h3-6H,15H2,1-2H3,(H,16,19). The van der Waals surface area contributed by atoms with Crippen LogP contribution in [0.25, 0.3) is 0 Å². The molecule has 6 heteroatoms. The van der Waals surface area contributed by atoms with Gasteiger partial charge < -0.3 is 11.1 Å². The summed E-state index contributed by atoms with van der Waals surface area (Å²) in [4.78, 5) is 12.2. The third-order valence-corrected chi connectivity index (χ3v) is 3.32. The highest BCUT2D eigenvalue weighted by Gasteiger charge is 2.11. The van der Waals surface area contributed by atoms with Gasteiger partial charge in [0.1, 0.15) is 0 Å². The number of benzene rings is 1. The summed E-state index contributed by atoms with van der Waals surface area (Å²) in [6.45, 7) is 3.54. The van der Waals surface area contributed by atoms with Gasteiger partial charge >= 0.3 is 0 Å². The van der Waals surface area contributed by atoms with E-state index in [0.717, 1.165) is 4.47 Å². The number of aromatic nitrogens is 2. The molecule has 0 aliphatic heterocycles. The Hall–Kier alpha value is -1.95. The highest BCUT2D eigenvalue weighted by Crippen LogP contribution is 2.23. The Balaban J connectivity index is 2.25. The summed E-state index contributed by atoms with van der Waals surface area (Å²) in [7, 11) is 0. The molecule has 1 aromatic carbocycles. The van der Waals surface area contributed by atoms with Crippen LogP contribution in [0.5, 0.6) is 0 Å². The van der Waals surface area contributed by atoms with E-state index in [1.54, 1.807) is 38.1 Å². The van der Waals surface area contributed by atoms with E-state index in [1.165, 1.54) is 0 Å². The predicted octanol–water partition coefficient (Wildman–Crippen LogP) is 2.69. The minimum Gasteiger partial charge on any atom is -0.398 e. The molecule has 0 aliphatic rings. The molecule has 0 spiro atoms. The van der Waals surface area contributed by atoms with E-state index in [9.17, 15) is 4.79 Å². The highest BCUT2D eigenvalue weighted by atomic mass is 79.9. The molecule has 0 saturated heterocycles. The molecule has 0 bridgehead atoms. The molecular weight excluding hydrogens is 308 g/mol. The average molecular weight is 321 g/mol. The second-order valence-corrected chi connectivity index (χ2v) is 5.03. The zero-order valence-electron chi connectivity index (χ0n) is 10.6. The number of rotatable bonds is 2. The van der Waals surface area contributed by atoms with Crippen LogP contribution >= 0.6 is 15.9 Å². The van der Waals surface area contributed by atoms with Crippen LogP contribution in [0.1, 0.15) is 21.7 Å². The summed E-state index contributed by atoms with van der Waals surface area (Å²) >= 11 is 3.31. The van der Waals surface area contributed by atoms with Gasteiger partial charge in [-0.2, -0.15) is 10.2 Å². The summed E-state index contributed by atoms with van der Waals surface area (Å²) in [6, 6.07) is 6.96. The van der Waals surface area contributed by atoms with Crippen molar-refractivity contribution < 1.29 is 4.79 Å². The zero-order valence-corrected chi connectivity index (χ0v) is 12.2. The fraction of sp³-hybridized carbons (Fsp3) is 0.154. The Morgan fingerprint density at radius 3 is 2.68 bits per heavy atom. The molecular formula is C13H13BrN4O. The van der Waals surface area contributed by atoms with Crippen molar-refractivity contribution in [3.8, 4) is 0 Å². The maximum absolute atomic E-state index is 12.2. The molecule has 5 nitrogen and oxygen atoms in total. The van der Waals surface area contributed by atoms with Gasteiger partial charge in [-0.05, 0) is 54.0 Å². The number of halogens is 1. The lowest BCUT2D eigenvalue weighted by Crippen LogP contribution is -2.15. The third-order valence-electron chi connectivity index (χ3n) is 2.60. The number of nitrogens with zero attached hydrogens (tertiary/aromatic N) is 2. The quantitative estimate of drug-likeness (QED) is 0.833. The SMILES string of the molecule is Cc1cc(C(=O)Nc2ccc(Br)c(N)c2)c(C)nn1. The normalized spacial score (nSPS) is 10.3.